The van der Waals surface area contributed by atoms with E-state index in [4.69, 9.17) is 5.73 Å². The van der Waals surface area contributed by atoms with Gasteiger partial charge in [-0.3, -0.25) is 9.48 Å². The molecule has 0 saturated heterocycles. The lowest BCUT2D eigenvalue weighted by atomic mass is 9.81. The third-order valence-corrected chi connectivity index (χ3v) is 5.17. The Bertz CT molecular complexity index is 700. The first-order chi connectivity index (χ1) is 11.0. The van der Waals surface area contributed by atoms with Gasteiger partial charge in [0.15, 0.2) is 0 Å². The van der Waals surface area contributed by atoms with Gasteiger partial charge in [-0.05, 0) is 40.9 Å². The Hall–Kier alpha value is -1.82. The van der Waals surface area contributed by atoms with Crippen LogP contribution in [0.4, 0.5) is 5.69 Å². The van der Waals surface area contributed by atoms with Crippen LogP contribution in [-0.4, -0.2) is 21.2 Å². The lowest BCUT2D eigenvalue weighted by Crippen LogP contribution is -2.51. The van der Waals surface area contributed by atoms with E-state index >= 15 is 0 Å². The van der Waals surface area contributed by atoms with Crippen molar-refractivity contribution in [3.8, 4) is 11.3 Å². The van der Waals surface area contributed by atoms with Crippen molar-refractivity contribution >= 4 is 27.5 Å². The van der Waals surface area contributed by atoms with Crippen LogP contribution in [-0.2, 0) is 11.8 Å². The van der Waals surface area contributed by atoms with E-state index in [1.54, 1.807) is 6.20 Å². The summed E-state index contributed by atoms with van der Waals surface area (Å²) in [4.78, 5) is 12.0. The van der Waals surface area contributed by atoms with Crippen LogP contribution in [0.2, 0.25) is 0 Å². The summed E-state index contributed by atoms with van der Waals surface area (Å²) >= 11 is 3.53. The molecular formula is C17H21BrN4O. The van der Waals surface area contributed by atoms with E-state index in [1.807, 2.05) is 36.0 Å². The quantitative estimate of drug-likeness (QED) is 0.857. The number of carbonyl (C=O) groups excluding carboxylic acids is 1. The highest BCUT2D eigenvalue weighted by Gasteiger charge is 2.37. The molecule has 0 unspecified atom stereocenters. The number of nitrogens with one attached hydrogen (secondary N) is 1. The van der Waals surface area contributed by atoms with Gasteiger partial charge < -0.3 is 11.1 Å². The van der Waals surface area contributed by atoms with Crippen LogP contribution in [0.5, 0.6) is 0 Å². The molecule has 3 N–H and O–H groups in total. The Balaban J connectivity index is 1.92. The number of anilines is 1. The fourth-order valence-corrected chi connectivity index (χ4v) is 3.92. The Labute approximate surface area is 144 Å². The standard InChI is InChI=1S/C17H21BrN4O/c1-22-15(14(18)11-20-22)12-6-5-7-13(10-12)21-17(16(19)23)8-3-2-4-9-17/h5-7,10-11,21H,2-4,8-9H2,1H3,(H2,19,23). The highest BCUT2D eigenvalue weighted by molar-refractivity contribution is 9.10. The number of aryl methyl sites for hydroxylation is 1. The minimum atomic E-state index is -0.624. The molecule has 23 heavy (non-hydrogen) atoms. The Morgan fingerprint density at radius 2 is 2.09 bits per heavy atom. The predicted octanol–water partition coefficient (Wildman–Crippen LogP) is 3.45. The molecule has 3 rings (SSSR count). The van der Waals surface area contributed by atoms with Gasteiger partial charge in [0.05, 0.1) is 16.4 Å². The van der Waals surface area contributed by atoms with Crippen LogP contribution in [0.15, 0.2) is 34.9 Å². The van der Waals surface area contributed by atoms with Crippen molar-refractivity contribution < 1.29 is 4.79 Å². The highest BCUT2D eigenvalue weighted by atomic mass is 79.9. The van der Waals surface area contributed by atoms with E-state index in [-0.39, 0.29) is 5.91 Å². The summed E-state index contributed by atoms with van der Waals surface area (Å²) in [6.45, 7) is 0. The van der Waals surface area contributed by atoms with Crippen LogP contribution >= 0.6 is 15.9 Å². The SMILES string of the molecule is Cn1ncc(Br)c1-c1cccc(NC2(C(N)=O)CCCCC2)c1. The second kappa shape index (κ2) is 6.35. The van der Waals surface area contributed by atoms with Crippen LogP contribution < -0.4 is 11.1 Å². The number of nitrogens with two attached hydrogens (primary N) is 1. The molecule has 6 heteroatoms. The normalized spacial score (nSPS) is 17.0. The number of primary amides is 1. The molecule has 1 saturated carbocycles. The zero-order valence-electron chi connectivity index (χ0n) is 13.2. The van der Waals surface area contributed by atoms with Gasteiger partial charge in [0.1, 0.15) is 5.54 Å². The molecule has 0 spiro atoms. The molecule has 0 radical (unpaired) electrons. The zero-order chi connectivity index (χ0) is 16.4. The molecule has 1 aromatic heterocycles. The monoisotopic (exact) mass is 376 g/mol. The smallest absolute Gasteiger partial charge is 0.243 e. The number of carbonyl (C=O) groups is 1. The van der Waals surface area contributed by atoms with Crippen molar-refractivity contribution in [2.24, 2.45) is 12.8 Å². The molecule has 2 aromatic rings. The second-order valence-electron chi connectivity index (χ2n) is 6.18. The molecule has 1 aromatic carbocycles. The average molecular weight is 377 g/mol. The summed E-state index contributed by atoms with van der Waals surface area (Å²) in [5, 5.41) is 7.67. The van der Waals surface area contributed by atoms with Crippen molar-refractivity contribution in [1.82, 2.24) is 9.78 Å². The summed E-state index contributed by atoms with van der Waals surface area (Å²) in [7, 11) is 1.91. The lowest BCUT2D eigenvalue weighted by Gasteiger charge is -2.36. The van der Waals surface area contributed by atoms with Crippen molar-refractivity contribution in [2.45, 2.75) is 37.6 Å². The Kier molecular flexibility index (Phi) is 4.43. The van der Waals surface area contributed by atoms with Gasteiger partial charge in [-0.25, -0.2) is 0 Å². The fourth-order valence-electron chi connectivity index (χ4n) is 3.34. The first kappa shape index (κ1) is 16.1. The number of benzene rings is 1. The molecule has 1 fully saturated rings. The number of hydrogen-bond acceptors (Lipinski definition) is 3. The molecule has 0 atom stereocenters. The molecule has 0 aliphatic heterocycles. The molecule has 5 nitrogen and oxygen atoms in total. The number of nitrogens with zero attached hydrogens (tertiary/aromatic N) is 2. The van der Waals surface area contributed by atoms with Gasteiger partial charge in [-0.15, -0.1) is 0 Å². The minimum Gasteiger partial charge on any atom is -0.371 e. The summed E-state index contributed by atoms with van der Waals surface area (Å²) in [6.07, 6.45) is 6.59. The maximum atomic E-state index is 12.0. The van der Waals surface area contributed by atoms with Crippen molar-refractivity contribution in [1.29, 1.82) is 0 Å². The second-order valence-corrected chi connectivity index (χ2v) is 7.03. The van der Waals surface area contributed by atoms with Crippen molar-refractivity contribution in [3.63, 3.8) is 0 Å². The number of amides is 1. The van der Waals surface area contributed by atoms with Gasteiger partial charge in [-0.1, -0.05) is 31.4 Å². The third-order valence-electron chi connectivity index (χ3n) is 4.59. The summed E-state index contributed by atoms with van der Waals surface area (Å²) < 4.78 is 2.77. The van der Waals surface area contributed by atoms with Crippen LogP contribution in [0.1, 0.15) is 32.1 Å². The maximum Gasteiger partial charge on any atom is 0.243 e. The molecule has 122 valence electrons. The number of aromatic nitrogens is 2. The molecule has 1 heterocycles. The van der Waals surface area contributed by atoms with E-state index in [1.165, 1.54) is 6.42 Å². The highest BCUT2D eigenvalue weighted by Crippen LogP contribution is 2.34. The molecule has 1 aliphatic rings. The van der Waals surface area contributed by atoms with Crippen LogP contribution in [0.3, 0.4) is 0 Å². The minimum absolute atomic E-state index is 0.260. The van der Waals surface area contributed by atoms with Gasteiger partial charge >= 0.3 is 0 Å². The molecule has 1 amide bonds. The molecule has 0 bridgehead atoms. The Morgan fingerprint density at radius 3 is 2.70 bits per heavy atom. The number of rotatable bonds is 4. The van der Waals surface area contributed by atoms with E-state index < -0.39 is 5.54 Å². The predicted molar refractivity (Wildman–Crippen MR) is 95.0 cm³/mol. The Morgan fingerprint density at radius 1 is 1.35 bits per heavy atom. The summed E-state index contributed by atoms with van der Waals surface area (Å²) in [5.74, 6) is -0.260. The van der Waals surface area contributed by atoms with Crippen LogP contribution in [0.25, 0.3) is 11.3 Å². The first-order valence-corrected chi connectivity index (χ1v) is 8.67. The van der Waals surface area contributed by atoms with Crippen LogP contribution in [0, 0.1) is 0 Å². The third kappa shape index (κ3) is 3.13. The van der Waals surface area contributed by atoms with E-state index in [2.05, 4.69) is 26.3 Å². The average Bonchev–Trinajstić information content (AvgIpc) is 2.87. The van der Waals surface area contributed by atoms with Crippen molar-refractivity contribution in [3.05, 3.63) is 34.9 Å². The van der Waals surface area contributed by atoms with E-state index in [9.17, 15) is 4.79 Å². The first-order valence-electron chi connectivity index (χ1n) is 7.88. The van der Waals surface area contributed by atoms with Crippen molar-refractivity contribution in [2.75, 3.05) is 5.32 Å². The van der Waals surface area contributed by atoms with Gasteiger partial charge in [0, 0.05) is 18.3 Å². The number of halogens is 1. The van der Waals surface area contributed by atoms with Gasteiger partial charge in [-0.2, -0.15) is 5.10 Å². The maximum absolute atomic E-state index is 12.0. The van der Waals surface area contributed by atoms with Gasteiger partial charge in [0.25, 0.3) is 0 Å². The molecule has 1 aliphatic carbocycles. The van der Waals surface area contributed by atoms with E-state index in [0.717, 1.165) is 47.1 Å². The zero-order valence-corrected chi connectivity index (χ0v) is 14.8. The number of hydrogen-bond donors (Lipinski definition) is 2. The topological polar surface area (TPSA) is 72.9 Å². The summed E-state index contributed by atoms with van der Waals surface area (Å²) in [6, 6.07) is 8.04. The lowest BCUT2D eigenvalue weighted by molar-refractivity contribution is -0.123. The largest absolute Gasteiger partial charge is 0.371 e. The fraction of sp³-hybridized carbons (Fsp3) is 0.412. The summed E-state index contributed by atoms with van der Waals surface area (Å²) in [5.41, 5.74) is 8.04. The van der Waals surface area contributed by atoms with E-state index in [0.29, 0.717) is 0 Å². The molecular weight excluding hydrogens is 356 g/mol. The van der Waals surface area contributed by atoms with Gasteiger partial charge in [0.2, 0.25) is 5.91 Å².